The summed E-state index contributed by atoms with van der Waals surface area (Å²) in [5.41, 5.74) is 6.91. The van der Waals surface area contributed by atoms with E-state index in [1.54, 1.807) is 13.1 Å². The normalized spacial score (nSPS) is 15.4. The van der Waals surface area contributed by atoms with Crippen molar-refractivity contribution in [1.29, 1.82) is 0 Å². The third-order valence-corrected chi connectivity index (χ3v) is 13.6. The van der Waals surface area contributed by atoms with Crippen molar-refractivity contribution < 1.29 is 19.0 Å². The van der Waals surface area contributed by atoms with E-state index in [2.05, 4.69) is 48.5 Å². The van der Waals surface area contributed by atoms with Crippen molar-refractivity contribution in [1.82, 2.24) is 0 Å². The van der Waals surface area contributed by atoms with E-state index in [9.17, 15) is 10.2 Å². The molecule has 0 amide bonds. The fraction of sp³-hybridized carbons (Fsp3) is 0.115. The van der Waals surface area contributed by atoms with Gasteiger partial charge in [0.2, 0.25) is 0 Å². The molecule has 2 N–H and O–H groups in total. The number of aryl methyl sites for hydroxylation is 1. The fourth-order valence-electron chi connectivity index (χ4n) is 10.2. The second-order valence-corrected chi connectivity index (χ2v) is 17.7. The van der Waals surface area contributed by atoms with Gasteiger partial charge in [-0.1, -0.05) is 165 Å². The van der Waals surface area contributed by atoms with Crippen LogP contribution in [0.25, 0.3) is 87.6 Å². The molecule has 0 unspecified atom stereocenters. The molecule has 0 radical (unpaired) electrons. The van der Waals surface area contributed by atoms with E-state index in [4.69, 9.17) is 9.98 Å². The largest absolute Gasteiger partial charge is 0.507 e. The number of benzene rings is 10. The topological polar surface area (TPSA) is 65.2 Å². The first-order valence-electron chi connectivity index (χ1n) is 22.9. The molecule has 0 spiro atoms. The summed E-state index contributed by atoms with van der Waals surface area (Å²) in [5.74, 6) is -0.879. The van der Waals surface area contributed by atoms with Gasteiger partial charge in [-0.2, -0.15) is 0 Å². The van der Waals surface area contributed by atoms with Crippen LogP contribution in [0.3, 0.4) is 0 Å². The van der Waals surface area contributed by atoms with Crippen molar-refractivity contribution in [3.63, 3.8) is 0 Å². The van der Waals surface area contributed by atoms with Crippen molar-refractivity contribution >= 4 is 55.5 Å². The van der Waals surface area contributed by atoms with Crippen molar-refractivity contribution in [2.45, 2.75) is 44.7 Å². The van der Waals surface area contributed by atoms with Gasteiger partial charge in [0.05, 0.1) is 12.1 Å². The van der Waals surface area contributed by atoms with Crippen molar-refractivity contribution in [2.75, 3.05) is 0 Å². The molecule has 326 valence electrons. The zero-order valence-electron chi connectivity index (χ0n) is 36.9. The lowest BCUT2D eigenvalue weighted by Crippen LogP contribution is -2.27. The van der Waals surface area contributed by atoms with Gasteiger partial charge in [-0.3, -0.25) is 9.98 Å². The summed E-state index contributed by atoms with van der Waals surface area (Å²) < 4.78 is 31.1. The van der Waals surface area contributed by atoms with Crippen LogP contribution in [0.2, 0.25) is 0 Å². The van der Waals surface area contributed by atoms with Crippen LogP contribution >= 0.6 is 0 Å². The molecule has 1 saturated carbocycles. The minimum atomic E-state index is -0.542. The zero-order chi connectivity index (χ0) is 45.6. The maximum atomic E-state index is 15.9. The molecule has 10 aromatic carbocycles. The Kier molecular flexibility index (Phi) is 10.9. The van der Waals surface area contributed by atoms with Crippen molar-refractivity contribution in [3.05, 3.63) is 204 Å². The molecule has 10 aromatic rings. The number of aromatic hydroxyl groups is 2. The maximum absolute atomic E-state index is 15.9. The maximum Gasteiger partial charge on any atom is 0.132 e. The summed E-state index contributed by atoms with van der Waals surface area (Å²) in [6, 6.07) is 56.5. The molecule has 67 heavy (non-hydrogen) atoms. The van der Waals surface area contributed by atoms with Crippen LogP contribution in [-0.4, -0.2) is 34.7 Å². The number of rotatable bonds is 8. The second-order valence-electron chi connectivity index (χ2n) is 17.7. The zero-order valence-corrected chi connectivity index (χ0v) is 36.9. The molecule has 0 heterocycles. The molecule has 6 heteroatoms. The molecule has 1 aliphatic carbocycles. The van der Waals surface area contributed by atoms with Gasteiger partial charge in [0, 0.05) is 51.4 Å². The minimum Gasteiger partial charge on any atom is -0.507 e. The smallest absolute Gasteiger partial charge is 0.132 e. The van der Waals surface area contributed by atoms with Gasteiger partial charge in [-0.05, 0) is 109 Å². The Bertz CT molecular complexity index is 3620. The van der Waals surface area contributed by atoms with E-state index < -0.39 is 11.6 Å². The summed E-state index contributed by atoms with van der Waals surface area (Å²) >= 11 is 0. The summed E-state index contributed by atoms with van der Waals surface area (Å²) in [7, 11) is 0. The minimum absolute atomic E-state index is 0.000767. The monoisotopic (exact) mass is 876 g/mol. The van der Waals surface area contributed by atoms with E-state index in [1.807, 2.05) is 121 Å². The van der Waals surface area contributed by atoms with Crippen molar-refractivity contribution in [3.8, 4) is 56.0 Å². The van der Waals surface area contributed by atoms with Crippen LogP contribution in [0, 0.1) is 18.6 Å². The standard InChI is InChI=1S/C61H46F2N2O2/c1-37-31-53(63)51(34-52(37)62)50-30-28-40-18-6-10-22-46(40)57(50)59-48-24-12-8-20-42(48)33-44(61(59)67)36-65-55-26-14-13-25-54(55)64-35-43-32-41-19-7-11-23-47(41)58(60(43)66)56-45-21-9-5-17-39(45)27-29-49(56)38-15-3-2-4-16-38/h2-12,15-24,27-36,54-55,66-67H,13-14,25-26H2,1H3/t54-,55-/m1/s1. The predicted octanol–water partition coefficient (Wildman–Crippen LogP) is 15.8. The number of nitrogens with zero attached hydrogens (tertiary/aromatic N) is 2. The average molecular weight is 877 g/mol. The van der Waals surface area contributed by atoms with Gasteiger partial charge < -0.3 is 10.2 Å². The number of aliphatic imine (C=N–C) groups is 2. The van der Waals surface area contributed by atoms with Crippen LogP contribution in [-0.2, 0) is 0 Å². The highest BCUT2D eigenvalue weighted by Gasteiger charge is 2.26. The van der Waals surface area contributed by atoms with E-state index in [-0.39, 0.29) is 34.7 Å². The third kappa shape index (κ3) is 7.58. The van der Waals surface area contributed by atoms with Crippen LogP contribution in [0.4, 0.5) is 8.78 Å². The van der Waals surface area contributed by atoms with Gasteiger partial charge in [-0.15, -0.1) is 0 Å². The first-order chi connectivity index (χ1) is 32.8. The number of fused-ring (bicyclic) bond motifs is 4. The van der Waals surface area contributed by atoms with Gasteiger partial charge in [0.1, 0.15) is 23.1 Å². The van der Waals surface area contributed by atoms with Crippen molar-refractivity contribution in [2.24, 2.45) is 9.98 Å². The molecule has 0 aromatic heterocycles. The Hall–Kier alpha value is -7.96. The molecule has 1 aliphatic rings. The van der Waals surface area contributed by atoms with E-state index in [0.717, 1.165) is 91.0 Å². The molecular weight excluding hydrogens is 831 g/mol. The molecule has 0 bridgehead atoms. The predicted molar refractivity (Wildman–Crippen MR) is 274 cm³/mol. The molecule has 2 atom stereocenters. The van der Waals surface area contributed by atoms with E-state index >= 15 is 8.78 Å². The molecule has 11 rings (SSSR count). The first kappa shape index (κ1) is 41.7. The first-order valence-corrected chi connectivity index (χ1v) is 22.9. The average Bonchev–Trinajstić information content (AvgIpc) is 3.36. The highest BCUT2D eigenvalue weighted by atomic mass is 19.1. The fourth-order valence-corrected chi connectivity index (χ4v) is 10.2. The Morgan fingerprint density at radius 3 is 1.39 bits per heavy atom. The van der Waals surface area contributed by atoms with E-state index in [0.29, 0.717) is 27.8 Å². The van der Waals surface area contributed by atoms with Crippen LogP contribution < -0.4 is 0 Å². The van der Waals surface area contributed by atoms with Gasteiger partial charge >= 0.3 is 0 Å². The number of hydrogen-bond donors (Lipinski definition) is 2. The quantitative estimate of drug-likeness (QED) is 0.149. The summed E-state index contributed by atoms with van der Waals surface area (Å²) in [6.07, 6.45) is 7.15. The summed E-state index contributed by atoms with van der Waals surface area (Å²) in [4.78, 5) is 10.4. The lowest BCUT2D eigenvalue weighted by molar-refractivity contribution is 0.390. The molecule has 1 fully saturated rings. The molecule has 0 aliphatic heterocycles. The highest BCUT2D eigenvalue weighted by molar-refractivity contribution is 6.16. The second kappa shape index (κ2) is 17.4. The third-order valence-electron chi connectivity index (χ3n) is 13.6. The Morgan fingerprint density at radius 1 is 0.433 bits per heavy atom. The lowest BCUT2D eigenvalue weighted by atomic mass is 9.85. The molecule has 0 saturated heterocycles. The highest BCUT2D eigenvalue weighted by Crippen LogP contribution is 2.49. The summed E-state index contributed by atoms with van der Waals surface area (Å²) in [5, 5.41) is 32.4. The van der Waals surface area contributed by atoms with Gasteiger partial charge in [0.15, 0.2) is 0 Å². The number of phenols is 2. The summed E-state index contributed by atoms with van der Waals surface area (Å²) in [6.45, 7) is 1.55. The van der Waals surface area contributed by atoms with Crippen LogP contribution in [0.5, 0.6) is 11.5 Å². The number of hydrogen-bond acceptors (Lipinski definition) is 4. The molecular formula is C61H46F2N2O2. The molecule has 4 nitrogen and oxygen atoms in total. The Labute approximate surface area is 387 Å². The van der Waals surface area contributed by atoms with Gasteiger partial charge in [-0.25, -0.2) is 8.78 Å². The lowest BCUT2D eigenvalue weighted by Gasteiger charge is -2.26. The van der Waals surface area contributed by atoms with Gasteiger partial charge in [0.25, 0.3) is 0 Å². The SMILES string of the molecule is Cc1cc(F)c(-c2ccc3ccccc3c2-c2c(O)c(C=N[C@@H]3CCCC[C@H]3N=Cc3cc4ccccc4c(-c4c(-c5ccccc5)ccc5ccccc45)c3O)cc3ccccc23)cc1F. The Balaban J connectivity index is 1.01. The number of phenolic OH excluding ortho intramolecular Hbond substituents is 2. The number of halogens is 2. The Morgan fingerprint density at radius 2 is 0.866 bits per heavy atom. The van der Waals surface area contributed by atoms with Crippen LogP contribution in [0.1, 0.15) is 42.4 Å². The van der Waals surface area contributed by atoms with E-state index in [1.165, 1.54) is 12.1 Å². The van der Waals surface area contributed by atoms with Crippen LogP contribution in [0.15, 0.2) is 186 Å².